The van der Waals surface area contributed by atoms with Crippen molar-refractivity contribution >= 4 is 21.8 Å². The van der Waals surface area contributed by atoms with Gasteiger partial charge in [0.15, 0.2) is 17.5 Å². The van der Waals surface area contributed by atoms with Crippen LogP contribution in [0.4, 0.5) is 0 Å². The zero-order valence-electron chi connectivity index (χ0n) is 33.6. The normalized spacial score (nSPS) is 12.3. The minimum atomic E-state index is -0.273. The van der Waals surface area contributed by atoms with Crippen molar-refractivity contribution in [2.75, 3.05) is 0 Å². The highest BCUT2D eigenvalue weighted by Crippen LogP contribution is 2.40. The van der Waals surface area contributed by atoms with Crippen LogP contribution in [-0.4, -0.2) is 19.5 Å². The molecule has 0 aliphatic rings. The van der Waals surface area contributed by atoms with Gasteiger partial charge in [-0.2, -0.15) is 0 Å². The molecule has 10 aromatic rings. The third kappa shape index (κ3) is 6.06. The van der Waals surface area contributed by atoms with Crippen molar-refractivity contribution in [3.05, 3.63) is 206 Å². The van der Waals surface area contributed by atoms with E-state index in [0.717, 1.165) is 66.7 Å². The highest BCUT2D eigenvalue weighted by atomic mass is 15.0. The van der Waals surface area contributed by atoms with Gasteiger partial charge in [0.1, 0.15) is 0 Å². The van der Waals surface area contributed by atoms with Crippen molar-refractivity contribution in [3.63, 3.8) is 0 Å². The molecule has 0 aliphatic heterocycles. The zero-order valence-corrected chi connectivity index (χ0v) is 29.6. The SMILES string of the molecule is [2H]c1c([2H])c([2H])c2c(c1[2H])c1c(-c3cccc(-c4ccccc4)c3)cccc1n2-c1cccc(-c2cccc(-c3nc(-c4ccccc4)nc(-c4ccccc4)n3)c2)c1. The maximum absolute atomic E-state index is 9.24. The fourth-order valence-corrected chi connectivity index (χ4v) is 7.37. The highest BCUT2D eigenvalue weighted by Gasteiger charge is 2.17. The first kappa shape index (κ1) is 28.1. The molecule has 4 heteroatoms. The summed E-state index contributed by atoms with van der Waals surface area (Å²) in [5.74, 6) is 1.73. The van der Waals surface area contributed by atoms with Gasteiger partial charge in [-0.05, 0) is 69.8 Å². The summed E-state index contributed by atoms with van der Waals surface area (Å²) in [6.07, 6.45) is 0. The lowest BCUT2D eigenvalue weighted by Gasteiger charge is -2.12. The van der Waals surface area contributed by atoms with Crippen LogP contribution in [0.5, 0.6) is 0 Å². The third-order valence-corrected chi connectivity index (χ3v) is 9.96. The van der Waals surface area contributed by atoms with Crippen LogP contribution in [0, 0.1) is 0 Å². The van der Waals surface area contributed by atoms with E-state index in [-0.39, 0.29) is 24.2 Å². The van der Waals surface area contributed by atoms with Gasteiger partial charge in [0, 0.05) is 33.2 Å². The van der Waals surface area contributed by atoms with Crippen LogP contribution in [-0.2, 0) is 0 Å². The molecular formula is C51H34N4. The molecule has 0 fully saturated rings. The van der Waals surface area contributed by atoms with Crippen molar-refractivity contribution in [2.45, 2.75) is 0 Å². The Morgan fingerprint density at radius 1 is 0.364 bits per heavy atom. The van der Waals surface area contributed by atoms with Gasteiger partial charge in [0.05, 0.1) is 16.5 Å². The van der Waals surface area contributed by atoms with Crippen LogP contribution in [0.25, 0.3) is 95.0 Å². The van der Waals surface area contributed by atoms with Gasteiger partial charge in [-0.1, -0.05) is 170 Å². The Bertz CT molecular complexity index is 3140. The summed E-state index contributed by atoms with van der Waals surface area (Å²) >= 11 is 0. The van der Waals surface area contributed by atoms with Crippen molar-refractivity contribution in [2.24, 2.45) is 0 Å². The standard InChI is InChI=1S/C51H34N4/c1-4-16-35(17-5-1)38-22-12-25-41(32-38)44-29-15-31-47-48(44)45-28-10-11-30-46(45)55(47)43-27-14-24-40(34-43)39-23-13-26-42(33-39)51-53-49(36-18-6-2-7-19-36)52-50(54-51)37-20-8-3-9-21-37/h1-34H/i10D,11D,28D,30D. The van der Waals surface area contributed by atoms with Crippen LogP contribution in [0.2, 0.25) is 0 Å². The fraction of sp³-hybridized carbons (Fsp3) is 0. The van der Waals surface area contributed by atoms with Crippen LogP contribution in [0.15, 0.2) is 206 Å². The number of aromatic nitrogens is 4. The molecule has 2 aromatic heterocycles. The number of nitrogens with zero attached hydrogens (tertiary/aromatic N) is 4. The number of hydrogen-bond acceptors (Lipinski definition) is 3. The van der Waals surface area contributed by atoms with Crippen LogP contribution < -0.4 is 0 Å². The second-order valence-corrected chi connectivity index (χ2v) is 13.4. The third-order valence-electron chi connectivity index (χ3n) is 9.96. The Kier molecular flexibility index (Phi) is 7.08. The van der Waals surface area contributed by atoms with Gasteiger partial charge >= 0.3 is 0 Å². The lowest BCUT2D eigenvalue weighted by molar-refractivity contribution is 1.07. The van der Waals surface area contributed by atoms with Gasteiger partial charge in [0.2, 0.25) is 0 Å². The van der Waals surface area contributed by atoms with E-state index in [9.17, 15) is 2.74 Å². The van der Waals surface area contributed by atoms with Gasteiger partial charge in [0.25, 0.3) is 0 Å². The first-order valence-electron chi connectivity index (χ1n) is 20.2. The largest absolute Gasteiger partial charge is 0.309 e. The summed E-state index contributed by atoms with van der Waals surface area (Å²) in [5.41, 5.74) is 10.5. The molecule has 0 bridgehead atoms. The summed E-state index contributed by atoms with van der Waals surface area (Å²) in [5, 5.41) is 1.25. The summed E-state index contributed by atoms with van der Waals surface area (Å²) in [7, 11) is 0. The van der Waals surface area contributed by atoms with Crippen LogP contribution in [0.1, 0.15) is 5.48 Å². The van der Waals surface area contributed by atoms with E-state index in [2.05, 4.69) is 48.5 Å². The molecule has 0 amide bonds. The summed E-state index contributed by atoms with van der Waals surface area (Å²) in [6, 6.07) is 59.9. The van der Waals surface area contributed by atoms with Crippen molar-refractivity contribution in [3.8, 4) is 73.2 Å². The molecule has 8 aromatic carbocycles. The summed E-state index contributed by atoms with van der Waals surface area (Å²) < 4.78 is 37.9. The predicted molar refractivity (Wildman–Crippen MR) is 227 cm³/mol. The minimum absolute atomic E-state index is 0.0673. The molecule has 0 spiro atoms. The van der Waals surface area contributed by atoms with E-state index in [1.54, 1.807) is 0 Å². The molecule has 0 atom stereocenters. The molecule has 258 valence electrons. The molecule has 10 rings (SSSR count). The second kappa shape index (κ2) is 13.8. The molecule has 0 saturated heterocycles. The molecule has 0 saturated carbocycles. The van der Waals surface area contributed by atoms with Gasteiger partial charge < -0.3 is 4.57 Å². The Morgan fingerprint density at radius 3 is 1.51 bits per heavy atom. The number of para-hydroxylation sites is 1. The molecular weight excluding hydrogens is 669 g/mol. The van der Waals surface area contributed by atoms with Crippen molar-refractivity contribution < 1.29 is 5.48 Å². The first-order chi connectivity index (χ1) is 28.9. The summed E-state index contributed by atoms with van der Waals surface area (Å²) in [6.45, 7) is 0. The van der Waals surface area contributed by atoms with E-state index < -0.39 is 0 Å². The molecule has 0 N–H and O–H groups in total. The molecule has 2 heterocycles. The maximum Gasteiger partial charge on any atom is 0.164 e. The molecule has 0 aliphatic carbocycles. The average molecular weight is 707 g/mol. The number of rotatable bonds is 7. The van der Waals surface area contributed by atoms with Gasteiger partial charge in [-0.15, -0.1) is 0 Å². The maximum atomic E-state index is 9.24. The Labute approximate surface area is 325 Å². The van der Waals surface area contributed by atoms with E-state index >= 15 is 0 Å². The summed E-state index contributed by atoms with van der Waals surface area (Å²) in [4.78, 5) is 14.8. The topological polar surface area (TPSA) is 43.6 Å². The van der Waals surface area contributed by atoms with E-state index in [0.29, 0.717) is 28.4 Å². The average Bonchev–Trinajstić information content (AvgIpc) is 3.67. The van der Waals surface area contributed by atoms with E-state index in [1.807, 2.05) is 138 Å². The lowest BCUT2D eigenvalue weighted by Crippen LogP contribution is -2.00. The lowest BCUT2D eigenvalue weighted by atomic mass is 9.96. The second-order valence-electron chi connectivity index (χ2n) is 13.4. The Morgan fingerprint density at radius 2 is 0.836 bits per heavy atom. The van der Waals surface area contributed by atoms with Crippen LogP contribution >= 0.6 is 0 Å². The number of benzene rings is 8. The molecule has 55 heavy (non-hydrogen) atoms. The molecule has 4 nitrogen and oxygen atoms in total. The van der Waals surface area contributed by atoms with E-state index in [4.69, 9.17) is 17.7 Å². The van der Waals surface area contributed by atoms with Gasteiger partial charge in [-0.3, -0.25) is 0 Å². The first-order valence-corrected chi connectivity index (χ1v) is 18.2. The predicted octanol–water partition coefficient (Wildman–Crippen LogP) is 13.0. The quantitative estimate of drug-likeness (QED) is 0.166. The van der Waals surface area contributed by atoms with E-state index in [1.165, 1.54) is 0 Å². The number of hydrogen-bond donors (Lipinski definition) is 0. The fourth-order valence-electron chi connectivity index (χ4n) is 7.37. The van der Waals surface area contributed by atoms with Gasteiger partial charge in [-0.25, -0.2) is 15.0 Å². The van der Waals surface area contributed by atoms with Crippen molar-refractivity contribution in [1.29, 1.82) is 0 Å². The minimum Gasteiger partial charge on any atom is -0.309 e. The number of fused-ring (bicyclic) bond motifs is 3. The molecule has 0 unspecified atom stereocenters. The smallest absolute Gasteiger partial charge is 0.164 e. The Hall–Kier alpha value is -7.43. The monoisotopic (exact) mass is 706 g/mol. The Balaban J connectivity index is 1.14. The molecule has 0 radical (unpaired) electrons. The highest BCUT2D eigenvalue weighted by molar-refractivity contribution is 6.16. The zero-order chi connectivity index (χ0) is 40.0. The van der Waals surface area contributed by atoms with Crippen molar-refractivity contribution in [1.82, 2.24) is 19.5 Å². The van der Waals surface area contributed by atoms with Crippen LogP contribution in [0.3, 0.4) is 0 Å².